The van der Waals surface area contributed by atoms with Crippen molar-refractivity contribution in [1.82, 2.24) is 0 Å². The number of amides is 1. The third-order valence-electron chi connectivity index (χ3n) is 6.53. The summed E-state index contributed by atoms with van der Waals surface area (Å²) in [7, 11) is 0. The van der Waals surface area contributed by atoms with Crippen molar-refractivity contribution < 1.29 is 9.90 Å². The van der Waals surface area contributed by atoms with Gasteiger partial charge in [0.2, 0.25) is 5.91 Å². The second-order valence-corrected chi connectivity index (χ2v) is 9.52. The number of carbonyl (C=O) groups excluding carboxylic acids is 1. The average Bonchev–Trinajstić information content (AvgIpc) is 2.76. The fourth-order valence-electron chi connectivity index (χ4n) is 4.21. The maximum Gasteiger partial charge on any atom is 0.217 e. The van der Waals surface area contributed by atoms with E-state index in [2.05, 4.69) is 19.1 Å². The topological polar surface area (TPSA) is 63.3 Å². The first-order chi connectivity index (χ1) is 15.2. The molecule has 3 N–H and O–H groups in total. The van der Waals surface area contributed by atoms with Gasteiger partial charge in [0.05, 0.1) is 0 Å². The van der Waals surface area contributed by atoms with Gasteiger partial charge in [-0.15, -0.1) is 0 Å². The molecule has 184 valence electrons. The van der Waals surface area contributed by atoms with E-state index in [1.54, 1.807) is 0 Å². The molecule has 31 heavy (non-hydrogen) atoms. The minimum absolute atomic E-state index is 0.159. The molecular formula is C28H55NO2. The second-order valence-electron chi connectivity index (χ2n) is 9.52. The van der Waals surface area contributed by atoms with E-state index in [1.165, 1.54) is 116 Å². The van der Waals surface area contributed by atoms with Crippen LogP contribution in [0.3, 0.4) is 0 Å². The molecule has 0 bridgehead atoms. The number of rotatable bonds is 25. The monoisotopic (exact) mass is 437 g/mol. The molecule has 0 aliphatic carbocycles. The Kier molecular flexibility index (Phi) is 24.7. The highest BCUT2D eigenvalue weighted by molar-refractivity contribution is 5.73. The molecule has 1 unspecified atom stereocenters. The lowest BCUT2D eigenvalue weighted by molar-refractivity contribution is -0.118. The number of aliphatic hydroxyl groups excluding tert-OH is 1. The van der Waals surface area contributed by atoms with E-state index in [-0.39, 0.29) is 5.91 Å². The van der Waals surface area contributed by atoms with Crippen LogP contribution in [-0.4, -0.2) is 17.6 Å². The van der Waals surface area contributed by atoms with Crippen molar-refractivity contribution in [2.75, 3.05) is 6.61 Å². The van der Waals surface area contributed by atoms with Crippen LogP contribution in [0.2, 0.25) is 0 Å². The lowest BCUT2D eigenvalue weighted by Crippen LogP contribution is -2.09. The van der Waals surface area contributed by atoms with Crippen LogP contribution < -0.4 is 5.73 Å². The van der Waals surface area contributed by atoms with Crippen LogP contribution in [-0.2, 0) is 4.79 Å². The van der Waals surface area contributed by atoms with Crippen LogP contribution >= 0.6 is 0 Å². The zero-order valence-electron chi connectivity index (χ0n) is 20.9. The van der Waals surface area contributed by atoms with E-state index in [4.69, 9.17) is 5.73 Å². The molecule has 0 spiro atoms. The van der Waals surface area contributed by atoms with Gasteiger partial charge in [0, 0.05) is 13.0 Å². The van der Waals surface area contributed by atoms with Gasteiger partial charge < -0.3 is 10.8 Å². The van der Waals surface area contributed by atoms with E-state index >= 15 is 0 Å². The first-order valence-corrected chi connectivity index (χ1v) is 13.7. The molecule has 0 saturated heterocycles. The Morgan fingerprint density at radius 2 is 1.06 bits per heavy atom. The number of hydrogen-bond acceptors (Lipinski definition) is 2. The quantitative estimate of drug-likeness (QED) is 0.111. The smallest absolute Gasteiger partial charge is 0.217 e. The number of allylic oxidation sites excluding steroid dienone is 2. The standard InChI is InChI=1S/C28H55NO2/c1-2-27(26-30)24-22-20-18-16-14-12-10-8-6-4-3-5-7-9-11-13-15-17-19-21-23-25-28(29)31/h6,8,27,30H,2-5,7,9-26H2,1H3,(H2,29,31)/b8-6-. The van der Waals surface area contributed by atoms with Crippen molar-refractivity contribution >= 4 is 5.91 Å². The van der Waals surface area contributed by atoms with E-state index in [0.29, 0.717) is 18.9 Å². The molecule has 0 aromatic rings. The van der Waals surface area contributed by atoms with Gasteiger partial charge in [0.1, 0.15) is 0 Å². The third kappa shape index (κ3) is 25.3. The van der Waals surface area contributed by atoms with Crippen molar-refractivity contribution in [2.45, 2.75) is 148 Å². The molecule has 3 heteroatoms. The maximum absolute atomic E-state index is 10.7. The predicted molar refractivity (Wildman–Crippen MR) is 136 cm³/mol. The molecule has 1 amide bonds. The van der Waals surface area contributed by atoms with Crippen LogP contribution in [0, 0.1) is 5.92 Å². The van der Waals surface area contributed by atoms with E-state index in [0.717, 1.165) is 19.3 Å². The molecule has 1 atom stereocenters. The molecule has 0 aromatic carbocycles. The van der Waals surface area contributed by atoms with Gasteiger partial charge in [-0.2, -0.15) is 0 Å². The van der Waals surface area contributed by atoms with E-state index in [1.807, 2.05) is 0 Å². The van der Waals surface area contributed by atoms with Crippen molar-refractivity contribution in [1.29, 1.82) is 0 Å². The largest absolute Gasteiger partial charge is 0.396 e. The molecule has 0 fully saturated rings. The van der Waals surface area contributed by atoms with Gasteiger partial charge in [-0.05, 0) is 44.4 Å². The van der Waals surface area contributed by atoms with Gasteiger partial charge in [-0.1, -0.05) is 115 Å². The summed E-state index contributed by atoms with van der Waals surface area (Å²) in [6.45, 7) is 2.55. The lowest BCUT2D eigenvalue weighted by atomic mass is 9.98. The molecule has 0 rings (SSSR count). The molecule has 0 aliphatic heterocycles. The van der Waals surface area contributed by atoms with Gasteiger partial charge >= 0.3 is 0 Å². The normalized spacial score (nSPS) is 12.6. The average molecular weight is 438 g/mol. The molecule has 0 aliphatic rings. The van der Waals surface area contributed by atoms with Crippen molar-refractivity contribution in [3.8, 4) is 0 Å². The summed E-state index contributed by atoms with van der Waals surface area (Å²) in [6, 6.07) is 0. The van der Waals surface area contributed by atoms with Crippen LogP contribution in [0.1, 0.15) is 148 Å². The molecule has 0 aromatic heterocycles. The number of primary amides is 1. The van der Waals surface area contributed by atoms with Crippen molar-refractivity contribution in [3.63, 3.8) is 0 Å². The summed E-state index contributed by atoms with van der Waals surface area (Å²) < 4.78 is 0. The molecular weight excluding hydrogens is 382 g/mol. The summed E-state index contributed by atoms with van der Waals surface area (Å²) in [6.07, 6.45) is 32.6. The van der Waals surface area contributed by atoms with Gasteiger partial charge in [0.15, 0.2) is 0 Å². The Morgan fingerprint density at radius 3 is 1.45 bits per heavy atom. The number of nitrogens with two attached hydrogens (primary N) is 1. The minimum atomic E-state index is -0.159. The zero-order valence-corrected chi connectivity index (χ0v) is 20.9. The SMILES string of the molecule is CCC(CO)CCCCCCCC/C=C\CCCCCCCCCCCCCC(N)=O. The van der Waals surface area contributed by atoms with E-state index < -0.39 is 0 Å². The number of unbranched alkanes of at least 4 members (excludes halogenated alkanes) is 17. The summed E-state index contributed by atoms with van der Waals surface area (Å²) >= 11 is 0. The molecule has 0 saturated carbocycles. The lowest BCUT2D eigenvalue weighted by Gasteiger charge is -2.10. The van der Waals surface area contributed by atoms with E-state index in [9.17, 15) is 9.90 Å². The second kappa shape index (κ2) is 25.4. The fraction of sp³-hybridized carbons (Fsp3) is 0.893. The summed E-state index contributed by atoms with van der Waals surface area (Å²) in [5.74, 6) is 0.376. The predicted octanol–water partition coefficient (Wildman–Crippen LogP) is 8.24. The summed E-state index contributed by atoms with van der Waals surface area (Å²) in [5.41, 5.74) is 5.15. The first kappa shape index (κ1) is 30.2. The summed E-state index contributed by atoms with van der Waals surface area (Å²) in [4.78, 5) is 10.7. The number of aliphatic hydroxyl groups is 1. The Morgan fingerprint density at radius 1 is 0.677 bits per heavy atom. The van der Waals surface area contributed by atoms with Gasteiger partial charge in [-0.25, -0.2) is 0 Å². The first-order valence-electron chi connectivity index (χ1n) is 13.7. The minimum Gasteiger partial charge on any atom is -0.396 e. The Balaban J connectivity index is 3.14. The Hall–Kier alpha value is -0.830. The van der Waals surface area contributed by atoms with Crippen molar-refractivity contribution in [2.24, 2.45) is 11.7 Å². The van der Waals surface area contributed by atoms with Gasteiger partial charge in [-0.3, -0.25) is 4.79 Å². The molecule has 0 heterocycles. The Labute approximate surface area is 194 Å². The number of carbonyl (C=O) groups is 1. The number of hydrogen-bond donors (Lipinski definition) is 2. The highest BCUT2D eigenvalue weighted by atomic mass is 16.3. The van der Waals surface area contributed by atoms with Crippen LogP contribution in [0.15, 0.2) is 12.2 Å². The Bertz CT molecular complexity index is 390. The maximum atomic E-state index is 10.7. The van der Waals surface area contributed by atoms with Crippen LogP contribution in [0.4, 0.5) is 0 Å². The summed E-state index contributed by atoms with van der Waals surface area (Å²) in [5, 5.41) is 9.19. The highest BCUT2D eigenvalue weighted by Gasteiger charge is 2.03. The zero-order chi connectivity index (χ0) is 22.8. The van der Waals surface area contributed by atoms with Crippen molar-refractivity contribution in [3.05, 3.63) is 12.2 Å². The third-order valence-corrected chi connectivity index (χ3v) is 6.53. The highest BCUT2D eigenvalue weighted by Crippen LogP contribution is 2.15. The fourth-order valence-corrected chi connectivity index (χ4v) is 4.21. The molecule has 3 nitrogen and oxygen atoms in total. The van der Waals surface area contributed by atoms with Crippen LogP contribution in [0.25, 0.3) is 0 Å². The van der Waals surface area contributed by atoms with Crippen LogP contribution in [0.5, 0.6) is 0 Å². The van der Waals surface area contributed by atoms with Gasteiger partial charge in [0.25, 0.3) is 0 Å². The molecule has 0 radical (unpaired) electrons.